The Morgan fingerprint density at radius 3 is 2.76 bits per heavy atom. The van der Waals surface area contributed by atoms with E-state index >= 15 is 0 Å². The molecule has 1 saturated heterocycles. The molecular weight excluding hydrogens is 295 g/mol. The third-order valence-electron chi connectivity index (χ3n) is 3.97. The van der Waals surface area contributed by atoms with E-state index in [0.29, 0.717) is 24.9 Å². The quantitative estimate of drug-likeness (QED) is 0.908. The highest BCUT2D eigenvalue weighted by Gasteiger charge is 2.36. The molecule has 7 heteroatoms. The van der Waals surface area contributed by atoms with Gasteiger partial charge in [0.05, 0.1) is 11.0 Å². The summed E-state index contributed by atoms with van der Waals surface area (Å²) >= 11 is 0. The molecule has 0 aromatic heterocycles. The van der Waals surface area contributed by atoms with Crippen molar-refractivity contribution in [2.75, 3.05) is 20.2 Å². The summed E-state index contributed by atoms with van der Waals surface area (Å²) in [6.07, 6.45) is 1.18. The Morgan fingerprint density at radius 2 is 2.19 bits per heavy atom. The maximum atomic E-state index is 13.6. The summed E-state index contributed by atoms with van der Waals surface area (Å²) < 4.78 is 45.7. The lowest BCUT2D eigenvalue weighted by Crippen LogP contribution is -2.51. The number of aryl methyl sites for hydroxylation is 1. The van der Waals surface area contributed by atoms with E-state index < -0.39 is 15.8 Å². The third-order valence-corrected chi connectivity index (χ3v) is 5.92. The largest absolute Gasteiger partial charge is 0.381 e. The minimum atomic E-state index is -3.74. The maximum absolute atomic E-state index is 13.6. The molecule has 0 bridgehead atoms. The minimum Gasteiger partial charge on any atom is -0.381 e. The molecule has 2 N–H and O–H groups in total. The number of piperidine rings is 1. The molecule has 1 fully saturated rings. The van der Waals surface area contributed by atoms with Crippen molar-refractivity contribution < 1.29 is 17.5 Å². The van der Waals surface area contributed by atoms with Gasteiger partial charge < -0.3 is 10.5 Å². The van der Waals surface area contributed by atoms with Gasteiger partial charge in [-0.15, -0.1) is 0 Å². The number of hydrogen-bond acceptors (Lipinski definition) is 4. The molecule has 0 saturated carbocycles. The lowest BCUT2D eigenvalue weighted by molar-refractivity contribution is 0.0401. The van der Waals surface area contributed by atoms with Crippen LogP contribution < -0.4 is 5.73 Å². The summed E-state index contributed by atoms with van der Waals surface area (Å²) in [7, 11) is -2.13. The van der Waals surface area contributed by atoms with E-state index in [1.807, 2.05) is 0 Å². The number of nitrogens with two attached hydrogens (primary N) is 1. The van der Waals surface area contributed by atoms with Crippen LogP contribution in [0.4, 0.5) is 4.39 Å². The number of sulfonamides is 1. The smallest absolute Gasteiger partial charge is 0.243 e. The van der Waals surface area contributed by atoms with Crippen LogP contribution in [0, 0.1) is 12.7 Å². The Morgan fingerprint density at radius 1 is 1.48 bits per heavy atom. The van der Waals surface area contributed by atoms with Crippen LogP contribution in [0.3, 0.4) is 0 Å². The van der Waals surface area contributed by atoms with Crippen LogP contribution in [-0.2, 0) is 14.8 Å². The van der Waals surface area contributed by atoms with Crippen molar-refractivity contribution in [3.8, 4) is 0 Å². The molecule has 1 aliphatic rings. The number of rotatable bonds is 4. The Kier molecular flexibility index (Phi) is 4.98. The van der Waals surface area contributed by atoms with Crippen LogP contribution in [0.5, 0.6) is 0 Å². The second-order valence-electron chi connectivity index (χ2n) is 5.30. The van der Waals surface area contributed by atoms with E-state index in [0.717, 1.165) is 6.07 Å². The Balaban J connectivity index is 2.31. The summed E-state index contributed by atoms with van der Waals surface area (Å²) in [5, 5.41) is 0. The Bertz CT molecular complexity index is 606. The molecule has 2 atom stereocenters. The number of methoxy groups -OCH3 is 1. The van der Waals surface area contributed by atoms with Gasteiger partial charge >= 0.3 is 0 Å². The van der Waals surface area contributed by atoms with Crippen LogP contribution in [-0.4, -0.2) is 45.1 Å². The molecule has 118 valence electrons. The standard InChI is InChI=1S/C14H21FN2O3S/c1-10-3-4-13(8-14(10)15)21(18,19)17-6-5-12(20-2)7-11(17)9-16/h3-4,8,11-12H,5-7,9,16H2,1-2H3. The van der Waals surface area contributed by atoms with Crippen LogP contribution >= 0.6 is 0 Å². The van der Waals surface area contributed by atoms with Gasteiger partial charge in [-0.1, -0.05) is 6.07 Å². The van der Waals surface area contributed by atoms with Crippen LogP contribution in [0.15, 0.2) is 23.1 Å². The maximum Gasteiger partial charge on any atom is 0.243 e. The van der Waals surface area contributed by atoms with E-state index in [9.17, 15) is 12.8 Å². The van der Waals surface area contributed by atoms with Crippen molar-refractivity contribution >= 4 is 10.0 Å². The zero-order valence-electron chi connectivity index (χ0n) is 12.3. The van der Waals surface area contributed by atoms with Crippen molar-refractivity contribution in [3.63, 3.8) is 0 Å². The van der Waals surface area contributed by atoms with Crippen LogP contribution in [0.2, 0.25) is 0 Å². The van der Waals surface area contributed by atoms with Crippen molar-refractivity contribution in [2.45, 2.75) is 36.8 Å². The summed E-state index contributed by atoms with van der Waals surface area (Å²) in [6, 6.07) is 3.66. The molecule has 21 heavy (non-hydrogen) atoms. The predicted octanol–water partition coefficient (Wildman–Crippen LogP) is 1.26. The molecule has 1 aromatic carbocycles. The number of hydrogen-bond donors (Lipinski definition) is 1. The highest BCUT2D eigenvalue weighted by molar-refractivity contribution is 7.89. The number of ether oxygens (including phenoxy) is 1. The Hall–Kier alpha value is -1.02. The summed E-state index contributed by atoms with van der Waals surface area (Å²) in [4.78, 5) is -0.0279. The van der Waals surface area contributed by atoms with Gasteiger partial charge in [-0.25, -0.2) is 12.8 Å². The topological polar surface area (TPSA) is 72.6 Å². The molecular formula is C14H21FN2O3S. The lowest BCUT2D eigenvalue weighted by Gasteiger charge is -2.37. The normalized spacial score (nSPS) is 24.2. The molecule has 1 aliphatic heterocycles. The zero-order valence-corrected chi connectivity index (χ0v) is 13.1. The first-order valence-electron chi connectivity index (χ1n) is 6.91. The first kappa shape index (κ1) is 16.4. The predicted molar refractivity (Wildman–Crippen MR) is 77.9 cm³/mol. The average Bonchev–Trinajstić information content (AvgIpc) is 2.49. The summed E-state index contributed by atoms with van der Waals surface area (Å²) in [6.45, 7) is 2.14. The molecule has 1 heterocycles. The Labute approximate surface area is 124 Å². The van der Waals surface area contributed by atoms with E-state index in [2.05, 4.69) is 0 Å². The third kappa shape index (κ3) is 3.26. The number of benzene rings is 1. The first-order chi connectivity index (χ1) is 9.90. The molecule has 0 radical (unpaired) electrons. The fraction of sp³-hybridized carbons (Fsp3) is 0.571. The fourth-order valence-corrected chi connectivity index (χ4v) is 4.28. The lowest BCUT2D eigenvalue weighted by atomic mass is 10.0. The van der Waals surface area contributed by atoms with E-state index in [-0.39, 0.29) is 23.6 Å². The highest BCUT2D eigenvalue weighted by Crippen LogP contribution is 2.27. The van der Waals surface area contributed by atoms with Gasteiger partial charge in [-0.2, -0.15) is 4.31 Å². The van der Waals surface area contributed by atoms with E-state index in [4.69, 9.17) is 10.5 Å². The molecule has 1 aromatic rings. The second kappa shape index (κ2) is 6.39. The minimum absolute atomic E-state index is 0.0137. The number of halogens is 1. The van der Waals surface area contributed by atoms with Crippen LogP contribution in [0.1, 0.15) is 18.4 Å². The van der Waals surface area contributed by atoms with E-state index in [1.165, 1.54) is 16.4 Å². The monoisotopic (exact) mass is 316 g/mol. The molecule has 5 nitrogen and oxygen atoms in total. The van der Waals surface area contributed by atoms with Crippen molar-refractivity contribution in [1.29, 1.82) is 0 Å². The van der Waals surface area contributed by atoms with Gasteiger partial charge in [0.2, 0.25) is 10.0 Å². The molecule has 2 rings (SSSR count). The average molecular weight is 316 g/mol. The molecule has 0 amide bonds. The van der Waals surface area contributed by atoms with Gasteiger partial charge in [0, 0.05) is 26.2 Å². The zero-order chi connectivity index (χ0) is 15.6. The van der Waals surface area contributed by atoms with Gasteiger partial charge in [-0.3, -0.25) is 0 Å². The van der Waals surface area contributed by atoms with Crippen molar-refractivity contribution in [3.05, 3.63) is 29.6 Å². The fourth-order valence-electron chi connectivity index (χ4n) is 2.61. The second-order valence-corrected chi connectivity index (χ2v) is 7.19. The van der Waals surface area contributed by atoms with Crippen LogP contribution in [0.25, 0.3) is 0 Å². The van der Waals surface area contributed by atoms with Crippen molar-refractivity contribution in [2.24, 2.45) is 5.73 Å². The molecule has 2 unspecified atom stereocenters. The van der Waals surface area contributed by atoms with Gasteiger partial charge in [0.1, 0.15) is 5.82 Å². The highest BCUT2D eigenvalue weighted by atomic mass is 32.2. The van der Waals surface area contributed by atoms with Gasteiger partial charge in [0.15, 0.2) is 0 Å². The SMILES string of the molecule is COC1CCN(S(=O)(=O)c2ccc(C)c(F)c2)C(CN)C1. The molecule has 0 aliphatic carbocycles. The summed E-state index contributed by atoms with van der Waals surface area (Å²) in [5.74, 6) is -0.521. The summed E-state index contributed by atoms with van der Waals surface area (Å²) in [5.41, 5.74) is 6.12. The first-order valence-corrected chi connectivity index (χ1v) is 8.35. The van der Waals surface area contributed by atoms with Crippen molar-refractivity contribution in [1.82, 2.24) is 4.31 Å². The van der Waals surface area contributed by atoms with Gasteiger partial charge in [0.25, 0.3) is 0 Å². The molecule has 0 spiro atoms. The van der Waals surface area contributed by atoms with Gasteiger partial charge in [-0.05, 0) is 37.5 Å². The number of nitrogens with zero attached hydrogens (tertiary/aromatic N) is 1. The van der Waals surface area contributed by atoms with E-state index in [1.54, 1.807) is 14.0 Å².